The predicted molar refractivity (Wildman–Crippen MR) is 51.5 cm³/mol. The summed E-state index contributed by atoms with van der Waals surface area (Å²) in [4.78, 5) is 0. The highest BCUT2D eigenvalue weighted by atomic mass is 31.0. The molecule has 1 unspecified atom stereocenters. The summed E-state index contributed by atoms with van der Waals surface area (Å²) in [6, 6.07) is 7.85. The van der Waals surface area contributed by atoms with Crippen molar-refractivity contribution in [3.63, 3.8) is 0 Å². The van der Waals surface area contributed by atoms with Crippen LogP contribution in [0.25, 0.3) is 0 Å². The second kappa shape index (κ2) is 4.15. The minimum Gasteiger partial charge on any atom is -0.489 e. The smallest absolute Gasteiger partial charge is 0.126 e. The molecule has 0 fully saturated rings. The van der Waals surface area contributed by atoms with E-state index in [2.05, 4.69) is 15.8 Å². The standard InChI is InChI=1S/C9H11OP/c1-2-7-10-8-5-3-4-6-9(8)11/h2-6H,1,7,11H2. The Balaban J connectivity index is 2.69. The fraction of sp³-hybridized carbons (Fsp3) is 0.111. The van der Waals surface area contributed by atoms with Crippen molar-refractivity contribution in [3.05, 3.63) is 36.9 Å². The Labute approximate surface area is 69.3 Å². The number of ether oxygens (including phenoxy) is 1. The van der Waals surface area contributed by atoms with Gasteiger partial charge in [-0.05, 0) is 6.07 Å². The van der Waals surface area contributed by atoms with Gasteiger partial charge < -0.3 is 4.74 Å². The van der Waals surface area contributed by atoms with E-state index < -0.39 is 0 Å². The van der Waals surface area contributed by atoms with Crippen molar-refractivity contribution in [1.29, 1.82) is 0 Å². The first-order valence-electron chi connectivity index (χ1n) is 3.43. The molecule has 1 aromatic carbocycles. The molecule has 0 amide bonds. The summed E-state index contributed by atoms with van der Waals surface area (Å²) >= 11 is 0. The van der Waals surface area contributed by atoms with E-state index in [1.807, 2.05) is 24.3 Å². The third kappa shape index (κ3) is 2.36. The van der Waals surface area contributed by atoms with Crippen LogP contribution in [0.15, 0.2) is 36.9 Å². The van der Waals surface area contributed by atoms with Crippen molar-refractivity contribution in [2.24, 2.45) is 0 Å². The maximum absolute atomic E-state index is 5.35. The van der Waals surface area contributed by atoms with Gasteiger partial charge in [-0.15, -0.1) is 9.24 Å². The molecule has 58 valence electrons. The van der Waals surface area contributed by atoms with E-state index in [1.165, 1.54) is 0 Å². The molecule has 0 spiro atoms. The van der Waals surface area contributed by atoms with Gasteiger partial charge in [-0.2, -0.15) is 0 Å². The van der Waals surface area contributed by atoms with Crippen LogP contribution >= 0.6 is 9.24 Å². The average Bonchev–Trinajstić information content (AvgIpc) is 2.03. The third-order valence-corrected chi connectivity index (χ3v) is 1.75. The van der Waals surface area contributed by atoms with Gasteiger partial charge in [0.1, 0.15) is 12.4 Å². The van der Waals surface area contributed by atoms with E-state index in [0.29, 0.717) is 6.61 Å². The monoisotopic (exact) mass is 166 g/mol. The van der Waals surface area contributed by atoms with Crippen molar-refractivity contribution < 1.29 is 4.74 Å². The Kier molecular flexibility index (Phi) is 3.13. The summed E-state index contributed by atoms with van der Waals surface area (Å²) in [5, 5.41) is 1.08. The van der Waals surface area contributed by atoms with Crippen LogP contribution in [0.4, 0.5) is 0 Å². The molecule has 0 heterocycles. The van der Waals surface area contributed by atoms with E-state index in [1.54, 1.807) is 6.08 Å². The molecule has 0 saturated heterocycles. The SMILES string of the molecule is C=CCOc1ccccc1P. The zero-order valence-corrected chi connectivity index (χ0v) is 7.44. The molecule has 0 aliphatic carbocycles. The predicted octanol–water partition coefficient (Wildman–Crippen LogP) is 1.75. The highest BCUT2D eigenvalue weighted by Gasteiger charge is 1.93. The lowest BCUT2D eigenvalue weighted by molar-refractivity contribution is 0.366. The molecule has 1 atom stereocenters. The Hall–Kier alpha value is -0.810. The first-order chi connectivity index (χ1) is 5.34. The molecule has 11 heavy (non-hydrogen) atoms. The van der Waals surface area contributed by atoms with Gasteiger partial charge in [0.05, 0.1) is 0 Å². The van der Waals surface area contributed by atoms with Gasteiger partial charge in [0.15, 0.2) is 0 Å². The second-order valence-electron chi connectivity index (χ2n) is 2.14. The van der Waals surface area contributed by atoms with E-state index in [4.69, 9.17) is 4.74 Å². The van der Waals surface area contributed by atoms with E-state index in [9.17, 15) is 0 Å². The number of hydrogen-bond acceptors (Lipinski definition) is 1. The molecule has 0 saturated carbocycles. The van der Waals surface area contributed by atoms with E-state index >= 15 is 0 Å². The molecular weight excluding hydrogens is 155 g/mol. The fourth-order valence-electron chi connectivity index (χ4n) is 0.761. The fourth-order valence-corrected chi connectivity index (χ4v) is 1.05. The number of benzene rings is 1. The van der Waals surface area contributed by atoms with Crippen LogP contribution in [-0.2, 0) is 0 Å². The summed E-state index contributed by atoms with van der Waals surface area (Å²) in [5.41, 5.74) is 0. The third-order valence-electron chi connectivity index (χ3n) is 1.28. The lowest BCUT2D eigenvalue weighted by Crippen LogP contribution is -2.01. The quantitative estimate of drug-likeness (QED) is 0.491. The molecular formula is C9H11OP. The van der Waals surface area contributed by atoms with Crippen LogP contribution in [0.2, 0.25) is 0 Å². The molecule has 0 N–H and O–H groups in total. The highest BCUT2D eigenvalue weighted by Crippen LogP contribution is 2.09. The minimum atomic E-state index is 0.561. The van der Waals surface area contributed by atoms with Gasteiger partial charge in [0, 0.05) is 5.30 Å². The van der Waals surface area contributed by atoms with Crippen molar-refractivity contribution >= 4 is 14.5 Å². The molecule has 1 rings (SSSR count). The largest absolute Gasteiger partial charge is 0.489 e. The molecule has 0 aromatic heterocycles. The molecule has 1 aromatic rings. The topological polar surface area (TPSA) is 9.23 Å². The first-order valence-corrected chi connectivity index (χ1v) is 4.00. The zero-order valence-electron chi connectivity index (χ0n) is 6.29. The zero-order chi connectivity index (χ0) is 8.10. The lowest BCUT2D eigenvalue weighted by atomic mass is 10.3. The van der Waals surface area contributed by atoms with Crippen molar-refractivity contribution in [2.75, 3.05) is 6.61 Å². The molecule has 0 aliphatic rings. The first kappa shape index (κ1) is 8.29. The lowest BCUT2D eigenvalue weighted by Gasteiger charge is -2.04. The van der Waals surface area contributed by atoms with E-state index in [-0.39, 0.29) is 0 Å². The molecule has 2 heteroatoms. The van der Waals surface area contributed by atoms with Gasteiger partial charge in [-0.25, -0.2) is 0 Å². The number of rotatable bonds is 3. The summed E-state index contributed by atoms with van der Waals surface area (Å²) in [7, 11) is 2.62. The normalized spacial score (nSPS) is 9.18. The van der Waals surface area contributed by atoms with Crippen LogP contribution in [0.5, 0.6) is 5.75 Å². The van der Waals surface area contributed by atoms with Crippen LogP contribution in [0.1, 0.15) is 0 Å². The van der Waals surface area contributed by atoms with Crippen LogP contribution in [0, 0.1) is 0 Å². The van der Waals surface area contributed by atoms with Gasteiger partial charge in [0.25, 0.3) is 0 Å². The summed E-state index contributed by atoms with van der Waals surface area (Å²) in [5.74, 6) is 0.900. The maximum Gasteiger partial charge on any atom is 0.126 e. The molecule has 0 radical (unpaired) electrons. The van der Waals surface area contributed by atoms with Crippen molar-refractivity contribution in [1.82, 2.24) is 0 Å². The van der Waals surface area contributed by atoms with Crippen LogP contribution in [0.3, 0.4) is 0 Å². The van der Waals surface area contributed by atoms with Crippen molar-refractivity contribution in [3.8, 4) is 5.75 Å². The van der Waals surface area contributed by atoms with E-state index in [0.717, 1.165) is 11.1 Å². The Bertz CT molecular complexity index is 245. The van der Waals surface area contributed by atoms with Crippen LogP contribution < -0.4 is 10.0 Å². The molecule has 0 aliphatic heterocycles. The van der Waals surface area contributed by atoms with Crippen LogP contribution in [-0.4, -0.2) is 6.61 Å². The van der Waals surface area contributed by atoms with Gasteiger partial charge >= 0.3 is 0 Å². The minimum absolute atomic E-state index is 0.561. The Morgan fingerprint density at radius 3 is 2.82 bits per heavy atom. The summed E-state index contributed by atoms with van der Waals surface area (Å²) in [6.45, 7) is 4.13. The Morgan fingerprint density at radius 1 is 1.45 bits per heavy atom. The van der Waals surface area contributed by atoms with Crippen molar-refractivity contribution in [2.45, 2.75) is 0 Å². The number of hydrogen-bond donors (Lipinski definition) is 0. The number of para-hydroxylation sites is 1. The van der Waals surface area contributed by atoms with Gasteiger partial charge in [-0.1, -0.05) is 30.9 Å². The second-order valence-corrected chi connectivity index (χ2v) is 2.76. The highest BCUT2D eigenvalue weighted by molar-refractivity contribution is 7.27. The summed E-state index contributed by atoms with van der Waals surface area (Å²) < 4.78 is 5.35. The summed E-state index contributed by atoms with van der Waals surface area (Å²) in [6.07, 6.45) is 1.73. The molecule has 0 bridgehead atoms. The average molecular weight is 166 g/mol. The van der Waals surface area contributed by atoms with Gasteiger partial charge in [0.2, 0.25) is 0 Å². The van der Waals surface area contributed by atoms with Gasteiger partial charge in [-0.3, -0.25) is 0 Å². The maximum atomic E-state index is 5.35. The molecule has 1 nitrogen and oxygen atoms in total. The Morgan fingerprint density at radius 2 is 2.18 bits per heavy atom.